The van der Waals surface area contributed by atoms with E-state index in [1.165, 1.54) is 51.6 Å². The molecule has 4 atom stereocenters. The van der Waals surface area contributed by atoms with Gasteiger partial charge in [-0.15, -0.1) is 0 Å². The molecule has 0 bridgehead atoms. The van der Waals surface area contributed by atoms with E-state index < -0.39 is 0 Å². The molecule has 0 radical (unpaired) electrons. The zero-order valence-electron chi connectivity index (χ0n) is 10.1. The Bertz CT molecular complexity index is 246. The minimum absolute atomic E-state index is 0.0818. The molecule has 3 fully saturated rings. The van der Waals surface area contributed by atoms with E-state index in [2.05, 4.69) is 10.2 Å². The minimum atomic E-state index is -0.0818. The van der Waals surface area contributed by atoms with Crippen molar-refractivity contribution in [3.05, 3.63) is 0 Å². The monoisotopic (exact) mass is 224 g/mol. The molecule has 0 aromatic carbocycles. The van der Waals surface area contributed by atoms with E-state index in [-0.39, 0.29) is 6.10 Å². The molecule has 92 valence electrons. The van der Waals surface area contributed by atoms with Crippen molar-refractivity contribution in [1.29, 1.82) is 0 Å². The highest BCUT2D eigenvalue weighted by molar-refractivity contribution is 4.92. The summed E-state index contributed by atoms with van der Waals surface area (Å²) in [5.74, 6) is 0. The number of nitrogens with zero attached hydrogens (tertiary/aromatic N) is 1. The zero-order chi connectivity index (χ0) is 11.0. The van der Waals surface area contributed by atoms with E-state index in [1.807, 2.05) is 0 Å². The maximum atomic E-state index is 9.83. The van der Waals surface area contributed by atoms with Crippen LogP contribution in [0.3, 0.4) is 0 Å². The Labute approximate surface area is 98.2 Å². The van der Waals surface area contributed by atoms with Crippen LogP contribution in [0.2, 0.25) is 0 Å². The lowest BCUT2D eigenvalue weighted by Crippen LogP contribution is -2.50. The Morgan fingerprint density at radius 3 is 2.75 bits per heavy atom. The average molecular weight is 224 g/mol. The van der Waals surface area contributed by atoms with Gasteiger partial charge >= 0.3 is 0 Å². The van der Waals surface area contributed by atoms with Gasteiger partial charge in [-0.3, -0.25) is 0 Å². The van der Waals surface area contributed by atoms with E-state index in [1.54, 1.807) is 0 Å². The highest BCUT2D eigenvalue weighted by Crippen LogP contribution is 2.28. The van der Waals surface area contributed by atoms with Crippen molar-refractivity contribution in [3.63, 3.8) is 0 Å². The quantitative estimate of drug-likeness (QED) is 0.738. The van der Waals surface area contributed by atoms with E-state index in [0.29, 0.717) is 12.1 Å². The smallest absolute Gasteiger partial charge is 0.0693 e. The Morgan fingerprint density at radius 1 is 1.00 bits per heavy atom. The fourth-order valence-electron chi connectivity index (χ4n) is 3.81. The predicted molar refractivity (Wildman–Crippen MR) is 64.4 cm³/mol. The predicted octanol–water partition coefficient (Wildman–Crippen LogP) is 1.12. The second kappa shape index (κ2) is 4.63. The van der Waals surface area contributed by atoms with Gasteiger partial charge in [-0.05, 0) is 58.0 Å². The van der Waals surface area contributed by atoms with E-state index in [9.17, 15) is 5.11 Å². The first-order valence-electron chi connectivity index (χ1n) is 7.01. The summed E-state index contributed by atoms with van der Waals surface area (Å²) in [7, 11) is 0. The van der Waals surface area contributed by atoms with Gasteiger partial charge in [0.2, 0.25) is 0 Å². The molecule has 0 aromatic heterocycles. The molecule has 2 N–H and O–H groups in total. The molecule has 0 aromatic rings. The summed E-state index contributed by atoms with van der Waals surface area (Å²) < 4.78 is 0. The normalized spacial score (nSPS) is 44.8. The summed E-state index contributed by atoms with van der Waals surface area (Å²) in [6.07, 6.45) is 8.66. The van der Waals surface area contributed by atoms with Crippen LogP contribution in [0, 0.1) is 0 Å². The summed E-state index contributed by atoms with van der Waals surface area (Å²) in [4.78, 5) is 2.66. The molecule has 0 spiro atoms. The molecular weight excluding hydrogens is 200 g/mol. The molecule has 1 saturated carbocycles. The number of hydrogen-bond donors (Lipinski definition) is 2. The number of aliphatic hydroxyl groups is 1. The molecule has 3 heteroatoms. The number of rotatable bonds is 2. The molecule has 3 aliphatic rings. The van der Waals surface area contributed by atoms with Gasteiger partial charge in [0.05, 0.1) is 6.10 Å². The van der Waals surface area contributed by atoms with Gasteiger partial charge < -0.3 is 15.3 Å². The summed E-state index contributed by atoms with van der Waals surface area (Å²) in [6.45, 7) is 2.59. The maximum Gasteiger partial charge on any atom is 0.0693 e. The summed E-state index contributed by atoms with van der Waals surface area (Å²) >= 11 is 0. The van der Waals surface area contributed by atoms with Crippen molar-refractivity contribution in [1.82, 2.24) is 10.2 Å². The highest BCUT2D eigenvalue weighted by atomic mass is 16.3. The number of piperidine rings is 1. The van der Waals surface area contributed by atoms with Crippen LogP contribution in [-0.4, -0.2) is 47.3 Å². The molecule has 0 amide bonds. The summed E-state index contributed by atoms with van der Waals surface area (Å²) in [5, 5.41) is 13.5. The Morgan fingerprint density at radius 2 is 1.94 bits per heavy atom. The van der Waals surface area contributed by atoms with E-state index in [0.717, 1.165) is 12.5 Å². The van der Waals surface area contributed by atoms with Gasteiger partial charge in [-0.2, -0.15) is 0 Å². The van der Waals surface area contributed by atoms with Crippen molar-refractivity contribution in [2.75, 3.05) is 13.1 Å². The molecular formula is C13H24N2O. The number of aliphatic hydroxyl groups excluding tert-OH is 1. The standard InChI is InChI=1S/C13H24N2O/c16-13-5-1-4-12(13)14-10-6-8-15-7-2-3-11(15)9-10/h10-14,16H,1-9H2/t10?,11?,12-,13-/m0/s1. The van der Waals surface area contributed by atoms with E-state index >= 15 is 0 Å². The first kappa shape index (κ1) is 11.0. The molecule has 1 aliphatic carbocycles. The van der Waals surface area contributed by atoms with Crippen LogP contribution < -0.4 is 5.32 Å². The van der Waals surface area contributed by atoms with Gasteiger partial charge in [0.25, 0.3) is 0 Å². The highest BCUT2D eigenvalue weighted by Gasteiger charge is 2.34. The number of hydrogen-bond acceptors (Lipinski definition) is 3. The lowest BCUT2D eigenvalue weighted by Gasteiger charge is -2.37. The number of fused-ring (bicyclic) bond motifs is 1. The van der Waals surface area contributed by atoms with Crippen molar-refractivity contribution in [2.24, 2.45) is 0 Å². The largest absolute Gasteiger partial charge is 0.392 e. The number of nitrogens with one attached hydrogen (secondary N) is 1. The van der Waals surface area contributed by atoms with Gasteiger partial charge in [-0.1, -0.05) is 0 Å². The molecule has 2 unspecified atom stereocenters. The maximum absolute atomic E-state index is 9.83. The van der Waals surface area contributed by atoms with Gasteiger partial charge in [0.15, 0.2) is 0 Å². The van der Waals surface area contributed by atoms with Crippen LogP contribution in [0.5, 0.6) is 0 Å². The first-order chi connectivity index (χ1) is 7.83. The molecule has 3 nitrogen and oxygen atoms in total. The van der Waals surface area contributed by atoms with Gasteiger partial charge in [0, 0.05) is 18.1 Å². The molecule has 2 heterocycles. The summed E-state index contributed by atoms with van der Waals surface area (Å²) in [5.41, 5.74) is 0. The van der Waals surface area contributed by atoms with Crippen LogP contribution in [0.1, 0.15) is 44.9 Å². The average Bonchev–Trinajstić information content (AvgIpc) is 2.88. The topological polar surface area (TPSA) is 35.5 Å². The summed E-state index contributed by atoms with van der Waals surface area (Å²) in [6, 6.07) is 1.89. The Kier molecular flexibility index (Phi) is 3.18. The Balaban J connectivity index is 1.52. The lowest BCUT2D eigenvalue weighted by molar-refractivity contribution is 0.117. The van der Waals surface area contributed by atoms with Gasteiger partial charge in [0.1, 0.15) is 0 Å². The van der Waals surface area contributed by atoms with Crippen LogP contribution in [0.25, 0.3) is 0 Å². The van der Waals surface area contributed by atoms with Crippen molar-refractivity contribution in [3.8, 4) is 0 Å². The van der Waals surface area contributed by atoms with Crippen LogP contribution >= 0.6 is 0 Å². The van der Waals surface area contributed by atoms with Crippen LogP contribution in [0.4, 0.5) is 0 Å². The fraction of sp³-hybridized carbons (Fsp3) is 1.00. The SMILES string of the molecule is O[C@H]1CCC[C@@H]1NC1CCN2CCCC2C1. The van der Waals surface area contributed by atoms with Crippen molar-refractivity contribution >= 4 is 0 Å². The van der Waals surface area contributed by atoms with Gasteiger partial charge in [-0.25, -0.2) is 0 Å². The molecule has 2 saturated heterocycles. The third kappa shape index (κ3) is 2.13. The fourth-order valence-corrected chi connectivity index (χ4v) is 3.81. The third-order valence-electron chi connectivity index (χ3n) is 4.75. The second-order valence-electron chi connectivity index (χ2n) is 5.82. The lowest BCUT2D eigenvalue weighted by atomic mass is 9.96. The minimum Gasteiger partial charge on any atom is -0.392 e. The molecule has 3 rings (SSSR count). The first-order valence-corrected chi connectivity index (χ1v) is 7.01. The van der Waals surface area contributed by atoms with Crippen LogP contribution in [0.15, 0.2) is 0 Å². The van der Waals surface area contributed by atoms with Crippen molar-refractivity contribution < 1.29 is 5.11 Å². The second-order valence-corrected chi connectivity index (χ2v) is 5.82. The van der Waals surface area contributed by atoms with Crippen molar-refractivity contribution in [2.45, 2.75) is 69.2 Å². The Hall–Kier alpha value is -0.120. The van der Waals surface area contributed by atoms with E-state index in [4.69, 9.17) is 0 Å². The van der Waals surface area contributed by atoms with Crippen LogP contribution in [-0.2, 0) is 0 Å². The third-order valence-corrected chi connectivity index (χ3v) is 4.75. The molecule has 2 aliphatic heterocycles. The molecule has 16 heavy (non-hydrogen) atoms. The zero-order valence-corrected chi connectivity index (χ0v) is 10.1.